The molecule has 1 aromatic rings. The highest BCUT2D eigenvalue weighted by atomic mass is 19.1. The van der Waals surface area contributed by atoms with Gasteiger partial charge in [0.2, 0.25) is 0 Å². The first-order valence-electron chi connectivity index (χ1n) is 6.31. The number of rotatable bonds is 2. The van der Waals surface area contributed by atoms with E-state index in [9.17, 15) is 22.8 Å². The third kappa shape index (κ3) is 2.72. The number of carbonyl (C=O) groups excluding carboxylic acids is 2. The molecule has 1 amide bonds. The molecule has 1 aliphatic rings. The third-order valence-electron chi connectivity index (χ3n) is 3.66. The van der Waals surface area contributed by atoms with Gasteiger partial charge in [0.25, 0.3) is 5.91 Å². The highest BCUT2D eigenvalue weighted by Crippen LogP contribution is 2.32. The highest BCUT2D eigenvalue weighted by molar-refractivity contribution is 5.95. The summed E-state index contributed by atoms with van der Waals surface area (Å²) < 4.78 is 44.7. The van der Waals surface area contributed by atoms with Crippen LogP contribution in [0.3, 0.4) is 0 Å². The molecule has 1 saturated heterocycles. The maximum absolute atomic E-state index is 13.6. The predicted octanol–water partition coefficient (Wildman–Crippen LogP) is 2.13. The molecule has 0 bridgehead atoms. The van der Waals surface area contributed by atoms with Crippen molar-refractivity contribution < 1.29 is 27.5 Å². The lowest BCUT2D eigenvalue weighted by Gasteiger charge is -2.22. The fraction of sp³-hybridized carbons (Fsp3) is 0.429. The zero-order chi connectivity index (χ0) is 15.8. The molecule has 0 radical (unpaired) electrons. The second-order valence-electron chi connectivity index (χ2n) is 5.27. The molecule has 0 aromatic heterocycles. The van der Waals surface area contributed by atoms with Crippen molar-refractivity contribution >= 4 is 11.9 Å². The van der Waals surface area contributed by atoms with Crippen molar-refractivity contribution in [2.24, 2.45) is 5.41 Å². The SMILES string of the molecule is COC(=O)[C@@]1(C)CCN(C(=O)c2c(F)cc(F)cc2F)C1. The lowest BCUT2D eigenvalue weighted by atomic mass is 9.90. The zero-order valence-corrected chi connectivity index (χ0v) is 11.6. The Balaban J connectivity index is 2.25. The van der Waals surface area contributed by atoms with Crippen LogP contribution < -0.4 is 0 Å². The van der Waals surface area contributed by atoms with E-state index in [1.54, 1.807) is 6.92 Å². The number of hydrogen-bond donors (Lipinski definition) is 0. The van der Waals surface area contributed by atoms with Crippen LogP contribution in [-0.2, 0) is 9.53 Å². The number of likely N-dealkylation sites (tertiary alicyclic amines) is 1. The number of carbonyl (C=O) groups is 2. The second kappa shape index (κ2) is 5.38. The number of methoxy groups -OCH3 is 1. The Morgan fingerprint density at radius 1 is 1.24 bits per heavy atom. The Hall–Kier alpha value is -2.05. The average Bonchev–Trinajstić information content (AvgIpc) is 2.80. The van der Waals surface area contributed by atoms with E-state index in [0.717, 1.165) is 4.90 Å². The molecule has 0 unspecified atom stereocenters. The van der Waals surface area contributed by atoms with Crippen molar-refractivity contribution in [3.63, 3.8) is 0 Å². The summed E-state index contributed by atoms with van der Waals surface area (Å²) in [6.45, 7) is 1.78. The predicted molar refractivity (Wildman–Crippen MR) is 67.0 cm³/mol. The van der Waals surface area contributed by atoms with E-state index in [2.05, 4.69) is 4.74 Å². The number of halogens is 3. The summed E-state index contributed by atoms with van der Waals surface area (Å²) in [5, 5.41) is 0. The van der Waals surface area contributed by atoms with Gasteiger partial charge in [-0.2, -0.15) is 0 Å². The van der Waals surface area contributed by atoms with Gasteiger partial charge in [0.15, 0.2) is 0 Å². The first-order chi connectivity index (χ1) is 9.78. The number of nitrogens with zero attached hydrogens (tertiary/aromatic N) is 1. The number of esters is 1. The van der Waals surface area contributed by atoms with Gasteiger partial charge in [0.05, 0.1) is 12.5 Å². The molecule has 2 rings (SSSR count). The van der Waals surface area contributed by atoms with Crippen molar-refractivity contribution in [1.29, 1.82) is 0 Å². The molecular weight excluding hydrogens is 287 g/mol. The van der Waals surface area contributed by atoms with Crippen LogP contribution in [0.5, 0.6) is 0 Å². The van der Waals surface area contributed by atoms with Gasteiger partial charge in [-0.05, 0) is 13.3 Å². The van der Waals surface area contributed by atoms with Crippen molar-refractivity contribution in [2.75, 3.05) is 20.2 Å². The Kier molecular flexibility index (Phi) is 3.93. The fourth-order valence-electron chi connectivity index (χ4n) is 2.45. The Labute approximate surface area is 119 Å². The first kappa shape index (κ1) is 15.3. The normalized spacial score (nSPS) is 21.5. The van der Waals surface area contributed by atoms with E-state index in [4.69, 9.17) is 0 Å². The summed E-state index contributed by atoms with van der Waals surface area (Å²) in [6, 6.07) is 0.901. The number of amides is 1. The minimum atomic E-state index is -1.26. The molecule has 1 aromatic carbocycles. The summed E-state index contributed by atoms with van der Waals surface area (Å²) >= 11 is 0. The molecule has 4 nitrogen and oxygen atoms in total. The van der Waals surface area contributed by atoms with E-state index >= 15 is 0 Å². The van der Waals surface area contributed by atoms with Crippen molar-refractivity contribution in [2.45, 2.75) is 13.3 Å². The molecule has 1 atom stereocenters. The van der Waals surface area contributed by atoms with Gasteiger partial charge >= 0.3 is 5.97 Å². The van der Waals surface area contributed by atoms with E-state index < -0.39 is 40.3 Å². The van der Waals surface area contributed by atoms with E-state index in [0.29, 0.717) is 18.6 Å². The summed E-state index contributed by atoms with van der Waals surface area (Å²) in [5.74, 6) is -5.01. The quantitative estimate of drug-likeness (QED) is 0.786. The van der Waals surface area contributed by atoms with Crippen LogP contribution in [0.1, 0.15) is 23.7 Å². The number of ether oxygens (including phenoxy) is 1. The molecule has 1 fully saturated rings. The monoisotopic (exact) mass is 301 g/mol. The van der Waals surface area contributed by atoms with Crippen LogP contribution in [0.25, 0.3) is 0 Å². The molecule has 1 aliphatic heterocycles. The van der Waals surface area contributed by atoms with Crippen LogP contribution in [0.4, 0.5) is 13.2 Å². The highest BCUT2D eigenvalue weighted by Gasteiger charge is 2.43. The topological polar surface area (TPSA) is 46.6 Å². The second-order valence-corrected chi connectivity index (χ2v) is 5.27. The molecule has 114 valence electrons. The molecule has 0 aliphatic carbocycles. The van der Waals surface area contributed by atoms with Crippen molar-refractivity contribution in [1.82, 2.24) is 4.90 Å². The van der Waals surface area contributed by atoms with Crippen LogP contribution >= 0.6 is 0 Å². The van der Waals surface area contributed by atoms with Gasteiger partial charge in [0, 0.05) is 25.2 Å². The van der Waals surface area contributed by atoms with E-state index in [1.165, 1.54) is 7.11 Å². The minimum absolute atomic E-state index is 0.00520. The van der Waals surface area contributed by atoms with Crippen LogP contribution in [0.15, 0.2) is 12.1 Å². The molecule has 0 N–H and O–H groups in total. The average molecular weight is 301 g/mol. The summed E-state index contributed by atoms with van der Waals surface area (Å²) in [5.41, 5.74) is -1.72. The third-order valence-corrected chi connectivity index (χ3v) is 3.66. The van der Waals surface area contributed by atoms with Crippen LogP contribution in [0.2, 0.25) is 0 Å². The summed E-state index contributed by atoms with van der Waals surface area (Å²) in [4.78, 5) is 25.0. The van der Waals surface area contributed by atoms with Gasteiger partial charge < -0.3 is 9.64 Å². The Morgan fingerprint density at radius 2 is 1.81 bits per heavy atom. The van der Waals surface area contributed by atoms with E-state index in [1.807, 2.05) is 0 Å². The molecular formula is C14H14F3NO3. The first-order valence-corrected chi connectivity index (χ1v) is 6.31. The van der Waals surface area contributed by atoms with Gasteiger partial charge in [-0.25, -0.2) is 13.2 Å². The molecule has 21 heavy (non-hydrogen) atoms. The molecule has 0 spiro atoms. The van der Waals surface area contributed by atoms with E-state index in [-0.39, 0.29) is 13.1 Å². The zero-order valence-electron chi connectivity index (χ0n) is 11.6. The maximum Gasteiger partial charge on any atom is 0.313 e. The minimum Gasteiger partial charge on any atom is -0.469 e. The standard InChI is InChI=1S/C14H14F3NO3/c1-14(13(20)21-2)3-4-18(7-14)12(19)11-9(16)5-8(15)6-10(11)17/h5-6H,3-4,7H2,1-2H3/t14-/m0/s1. The summed E-state index contributed by atoms with van der Waals surface area (Å²) in [6.07, 6.45) is 0.329. The maximum atomic E-state index is 13.6. The van der Waals surface area contributed by atoms with Gasteiger partial charge in [-0.1, -0.05) is 0 Å². The Bertz CT molecular complexity index is 582. The summed E-state index contributed by atoms with van der Waals surface area (Å²) in [7, 11) is 1.23. The van der Waals surface area contributed by atoms with Gasteiger partial charge in [-0.3, -0.25) is 9.59 Å². The fourth-order valence-corrected chi connectivity index (χ4v) is 2.45. The molecule has 1 heterocycles. The van der Waals surface area contributed by atoms with Crippen LogP contribution in [-0.4, -0.2) is 37.0 Å². The Morgan fingerprint density at radius 3 is 2.33 bits per heavy atom. The number of benzene rings is 1. The van der Waals surface area contributed by atoms with Gasteiger partial charge in [0.1, 0.15) is 23.0 Å². The number of hydrogen-bond acceptors (Lipinski definition) is 3. The van der Waals surface area contributed by atoms with Crippen molar-refractivity contribution in [3.8, 4) is 0 Å². The molecule has 7 heteroatoms. The lowest BCUT2D eigenvalue weighted by Crippen LogP contribution is -2.36. The largest absolute Gasteiger partial charge is 0.469 e. The van der Waals surface area contributed by atoms with Crippen LogP contribution in [0, 0.1) is 22.9 Å². The smallest absolute Gasteiger partial charge is 0.313 e. The van der Waals surface area contributed by atoms with Gasteiger partial charge in [-0.15, -0.1) is 0 Å². The lowest BCUT2D eigenvalue weighted by molar-refractivity contribution is -0.150. The van der Waals surface area contributed by atoms with Crippen molar-refractivity contribution in [3.05, 3.63) is 35.1 Å². The molecule has 0 saturated carbocycles.